The number of benzene rings is 1. The highest BCUT2D eigenvalue weighted by atomic mass is 32.2. The fourth-order valence-corrected chi connectivity index (χ4v) is 3.35. The zero-order chi connectivity index (χ0) is 14.4. The standard InChI is InChI=1S/C14H22N2O3S/c1-12(14-8-5-11-19-14)15-9-10-16-20(17,18)13-6-3-2-4-7-13/h2-4,6-7,12,14-16H,5,8-11H2,1H3/t12-,14+/m1/s1. The molecule has 0 radical (unpaired) electrons. The van der Waals surface area contributed by atoms with Gasteiger partial charge in [0.05, 0.1) is 11.0 Å². The van der Waals surface area contributed by atoms with E-state index in [-0.39, 0.29) is 12.1 Å². The third kappa shape index (κ3) is 4.28. The maximum atomic E-state index is 12.0. The Hall–Kier alpha value is -0.950. The summed E-state index contributed by atoms with van der Waals surface area (Å²) in [6.45, 7) is 3.86. The Balaban J connectivity index is 1.73. The van der Waals surface area contributed by atoms with Crippen LogP contribution < -0.4 is 10.0 Å². The summed E-state index contributed by atoms with van der Waals surface area (Å²) < 4.78 is 32.1. The molecule has 2 atom stereocenters. The van der Waals surface area contributed by atoms with Crippen LogP contribution in [0.5, 0.6) is 0 Å². The highest BCUT2D eigenvalue weighted by Gasteiger charge is 2.21. The quantitative estimate of drug-likeness (QED) is 0.740. The van der Waals surface area contributed by atoms with Gasteiger partial charge in [0.1, 0.15) is 0 Å². The molecule has 0 aliphatic carbocycles. The molecule has 1 aliphatic heterocycles. The lowest BCUT2D eigenvalue weighted by molar-refractivity contribution is 0.0840. The number of ether oxygens (including phenoxy) is 1. The summed E-state index contributed by atoms with van der Waals surface area (Å²) in [6.07, 6.45) is 2.43. The molecule has 0 amide bonds. The molecular formula is C14H22N2O3S. The first-order chi connectivity index (χ1) is 9.59. The van der Waals surface area contributed by atoms with Gasteiger partial charge < -0.3 is 10.1 Å². The van der Waals surface area contributed by atoms with E-state index in [2.05, 4.69) is 17.0 Å². The molecule has 1 heterocycles. The van der Waals surface area contributed by atoms with E-state index >= 15 is 0 Å². The molecular weight excluding hydrogens is 276 g/mol. The molecule has 112 valence electrons. The first-order valence-corrected chi connectivity index (χ1v) is 8.47. The van der Waals surface area contributed by atoms with E-state index in [1.165, 1.54) is 0 Å². The van der Waals surface area contributed by atoms with Crippen molar-refractivity contribution in [3.05, 3.63) is 30.3 Å². The number of hydrogen-bond donors (Lipinski definition) is 2. The monoisotopic (exact) mass is 298 g/mol. The number of nitrogens with one attached hydrogen (secondary N) is 2. The van der Waals surface area contributed by atoms with E-state index in [0.717, 1.165) is 19.4 Å². The Morgan fingerprint density at radius 3 is 2.70 bits per heavy atom. The van der Waals surface area contributed by atoms with Gasteiger partial charge in [0, 0.05) is 25.7 Å². The van der Waals surface area contributed by atoms with Crippen LogP contribution in [0.1, 0.15) is 19.8 Å². The molecule has 20 heavy (non-hydrogen) atoms. The van der Waals surface area contributed by atoms with Crippen molar-refractivity contribution >= 4 is 10.0 Å². The van der Waals surface area contributed by atoms with Crippen molar-refractivity contribution in [2.24, 2.45) is 0 Å². The van der Waals surface area contributed by atoms with E-state index in [0.29, 0.717) is 18.0 Å². The van der Waals surface area contributed by atoms with Gasteiger partial charge in [-0.15, -0.1) is 0 Å². The van der Waals surface area contributed by atoms with Crippen molar-refractivity contribution in [2.45, 2.75) is 36.8 Å². The van der Waals surface area contributed by atoms with Gasteiger partial charge in [0.25, 0.3) is 0 Å². The van der Waals surface area contributed by atoms with Crippen molar-refractivity contribution in [1.29, 1.82) is 0 Å². The van der Waals surface area contributed by atoms with Crippen LogP contribution in [-0.4, -0.2) is 40.3 Å². The first-order valence-electron chi connectivity index (χ1n) is 6.99. The molecule has 1 aromatic rings. The molecule has 5 nitrogen and oxygen atoms in total. The molecule has 0 bridgehead atoms. The topological polar surface area (TPSA) is 67.4 Å². The average Bonchev–Trinajstić information content (AvgIpc) is 2.98. The second-order valence-corrected chi connectivity index (χ2v) is 6.77. The van der Waals surface area contributed by atoms with E-state index in [1.807, 2.05) is 0 Å². The number of hydrogen-bond acceptors (Lipinski definition) is 4. The molecule has 2 N–H and O–H groups in total. The highest BCUT2D eigenvalue weighted by molar-refractivity contribution is 7.89. The molecule has 0 unspecified atom stereocenters. The van der Waals surface area contributed by atoms with E-state index < -0.39 is 10.0 Å². The van der Waals surface area contributed by atoms with E-state index in [9.17, 15) is 8.42 Å². The van der Waals surface area contributed by atoms with Crippen LogP contribution in [-0.2, 0) is 14.8 Å². The molecule has 1 saturated heterocycles. The Morgan fingerprint density at radius 2 is 2.05 bits per heavy atom. The third-order valence-electron chi connectivity index (χ3n) is 3.46. The predicted octanol–water partition coefficient (Wildman–Crippen LogP) is 1.12. The van der Waals surface area contributed by atoms with Gasteiger partial charge in [-0.3, -0.25) is 0 Å². The third-order valence-corrected chi connectivity index (χ3v) is 4.94. The SMILES string of the molecule is C[C@@H](NCCNS(=O)(=O)c1ccccc1)[C@@H]1CCCO1. The summed E-state index contributed by atoms with van der Waals surface area (Å²) in [6, 6.07) is 8.65. The fourth-order valence-electron chi connectivity index (χ4n) is 2.30. The summed E-state index contributed by atoms with van der Waals surface area (Å²) in [4.78, 5) is 0.298. The summed E-state index contributed by atoms with van der Waals surface area (Å²) in [7, 11) is -3.40. The Kier molecular flexibility index (Phi) is 5.54. The predicted molar refractivity (Wildman–Crippen MR) is 78.1 cm³/mol. The maximum Gasteiger partial charge on any atom is 0.240 e. The molecule has 1 aliphatic rings. The van der Waals surface area contributed by atoms with Crippen molar-refractivity contribution in [2.75, 3.05) is 19.7 Å². The van der Waals surface area contributed by atoms with Crippen LogP contribution in [0.15, 0.2) is 35.2 Å². The largest absolute Gasteiger partial charge is 0.377 e. The number of sulfonamides is 1. The first kappa shape index (κ1) is 15.4. The van der Waals surface area contributed by atoms with Crippen molar-refractivity contribution in [3.63, 3.8) is 0 Å². The molecule has 6 heteroatoms. The minimum atomic E-state index is -3.40. The van der Waals surface area contributed by atoms with E-state index in [1.54, 1.807) is 30.3 Å². The van der Waals surface area contributed by atoms with E-state index in [4.69, 9.17) is 4.74 Å². The van der Waals surface area contributed by atoms with Crippen LogP contribution in [0.3, 0.4) is 0 Å². The fraction of sp³-hybridized carbons (Fsp3) is 0.571. The number of rotatable bonds is 7. The molecule has 0 spiro atoms. The van der Waals surface area contributed by atoms with Crippen LogP contribution in [0.4, 0.5) is 0 Å². The highest BCUT2D eigenvalue weighted by Crippen LogP contribution is 2.15. The summed E-state index contributed by atoms with van der Waals surface area (Å²) in [5, 5.41) is 3.30. The normalized spacial score (nSPS) is 20.9. The van der Waals surface area contributed by atoms with Crippen molar-refractivity contribution in [1.82, 2.24) is 10.0 Å². The van der Waals surface area contributed by atoms with Gasteiger partial charge in [-0.2, -0.15) is 0 Å². The van der Waals surface area contributed by atoms with Gasteiger partial charge in [-0.05, 0) is 31.9 Å². The van der Waals surface area contributed by atoms with Crippen LogP contribution in [0.25, 0.3) is 0 Å². The Bertz CT molecular complexity index is 498. The molecule has 0 aromatic heterocycles. The van der Waals surface area contributed by atoms with Gasteiger partial charge in [-0.1, -0.05) is 18.2 Å². The Labute approximate surface area is 120 Å². The minimum Gasteiger partial charge on any atom is -0.377 e. The lowest BCUT2D eigenvalue weighted by Crippen LogP contribution is -2.41. The van der Waals surface area contributed by atoms with Crippen LogP contribution in [0.2, 0.25) is 0 Å². The summed E-state index contributed by atoms with van der Waals surface area (Å²) in [5.74, 6) is 0. The summed E-state index contributed by atoms with van der Waals surface area (Å²) >= 11 is 0. The summed E-state index contributed by atoms with van der Waals surface area (Å²) in [5.41, 5.74) is 0. The average molecular weight is 298 g/mol. The minimum absolute atomic E-state index is 0.249. The van der Waals surface area contributed by atoms with Crippen LogP contribution in [0, 0.1) is 0 Å². The van der Waals surface area contributed by atoms with Gasteiger partial charge >= 0.3 is 0 Å². The van der Waals surface area contributed by atoms with Gasteiger partial charge in [0.15, 0.2) is 0 Å². The lowest BCUT2D eigenvalue weighted by atomic mass is 10.1. The maximum absolute atomic E-state index is 12.0. The molecule has 0 saturated carbocycles. The zero-order valence-electron chi connectivity index (χ0n) is 11.7. The smallest absolute Gasteiger partial charge is 0.240 e. The van der Waals surface area contributed by atoms with Gasteiger partial charge in [0.2, 0.25) is 10.0 Å². The lowest BCUT2D eigenvalue weighted by Gasteiger charge is -2.20. The van der Waals surface area contributed by atoms with Crippen LogP contribution >= 0.6 is 0 Å². The second kappa shape index (κ2) is 7.17. The Morgan fingerprint density at radius 1 is 1.30 bits per heavy atom. The van der Waals surface area contributed by atoms with Crippen molar-refractivity contribution in [3.8, 4) is 0 Å². The molecule has 1 aromatic carbocycles. The van der Waals surface area contributed by atoms with Gasteiger partial charge in [-0.25, -0.2) is 13.1 Å². The zero-order valence-corrected chi connectivity index (χ0v) is 12.5. The van der Waals surface area contributed by atoms with Crippen molar-refractivity contribution < 1.29 is 13.2 Å². The second-order valence-electron chi connectivity index (χ2n) is 5.01. The molecule has 2 rings (SSSR count). The molecule has 1 fully saturated rings.